The highest BCUT2D eigenvalue weighted by Crippen LogP contribution is 2.48. The molecule has 0 spiro atoms. The number of rotatable bonds is 6. The Morgan fingerprint density at radius 3 is 2.74 bits per heavy atom. The van der Waals surface area contributed by atoms with Crippen molar-refractivity contribution in [3.8, 4) is 5.75 Å². The van der Waals surface area contributed by atoms with E-state index in [-0.39, 0.29) is 41.0 Å². The molecule has 0 saturated carbocycles. The maximum absolute atomic E-state index is 14.7. The Balaban J connectivity index is 0.00000289. The van der Waals surface area contributed by atoms with E-state index in [1.165, 1.54) is 6.07 Å². The average molecular weight is 549 g/mol. The highest BCUT2D eigenvalue weighted by atomic mass is 79.9. The number of halogens is 4. The first kappa shape index (κ1) is 25.7. The molecule has 0 aliphatic carbocycles. The SMILES string of the molecule is C=C[C@H]1C[N@+]2(Cc3ccc(F)c(F)c3F)CC[C@H]1C[C@@H]2[C@@H](O)c1ccnc2ccc(OC)cc12.[Br-]. The molecule has 8 heteroatoms. The van der Waals surface area contributed by atoms with Crippen molar-refractivity contribution in [2.45, 2.75) is 31.5 Å². The molecule has 0 unspecified atom stereocenters. The summed E-state index contributed by atoms with van der Waals surface area (Å²) in [4.78, 5) is 4.42. The van der Waals surface area contributed by atoms with Crippen molar-refractivity contribution >= 4 is 10.9 Å². The molecule has 5 atom stereocenters. The fraction of sp³-hybridized carbons (Fsp3) is 0.370. The molecule has 35 heavy (non-hydrogen) atoms. The number of quaternary nitrogens is 1. The third kappa shape index (κ3) is 4.36. The molecule has 4 nitrogen and oxygen atoms in total. The van der Waals surface area contributed by atoms with Gasteiger partial charge in [0.05, 0.1) is 25.7 Å². The maximum atomic E-state index is 14.7. The van der Waals surface area contributed by atoms with Gasteiger partial charge in [0.15, 0.2) is 17.5 Å². The van der Waals surface area contributed by atoms with Gasteiger partial charge in [0.2, 0.25) is 0 Å². The summed E-state index contributed by atoms with van der Waals surface area (Å²) in [6, 6.07) is 9.42. The lowest BCUT2D eigenvalue weighted by molar-refractivity contribution is -0.985. The van der Waals surface area contributed by atoms with Crippen LogP contribution < -0.4 is 21.7 Å². The van der Waals surface area contributed by atoms with Crippen molar-refractivity contribution in [1.82, 2.24) is 4.98 Å². The number of ether oxygens (including phenoxy) is 1. The van der Waals surface area contributed by atoms with Gasteiger partial charge in [-0.1, -0.05) is 6.08 Å². The Morgan fingerprint density at radius 2 is 2.00 bits per heavy atom. The quantitative estimate of drug-likeness (QED) is 0.292. The highest BCUT2D eigenvalue weighted by Gasteiger charge is 2.54. The predicted molar refractivity (Wildman–Crippen MR) is 123 cm³/mol. The molecule has 4 heterocycles. The summed E-state index contributed by atoms with van der Waals surface area (Å²) in [5.74, 6) is -2.54. The number of methoxy groups -OCH3 is 1. The van der Waals surface area contributed by atoms with Gasteiger partial charge in [0, 0.05) is 35.9 Å². The predicted octanol–water partition coefficient (Wildman–Crippen LogP) is 2.31. The van der Waals surface area contributed by atoms with Crippen LogP contribution >= 0.6 is 0 Å². The molecule has 0 radical (unpaired) electrons. The van der Waals surface area contributed by atoms with Gasteiger partial charge in [0.25, 0.3) is 0 Å². The number of nitrogens with zero attached hydrogens (tertiary/aromatic N) is 2. The lowest BCUT2D eigenvalue weighted by Crippen LogP contribution is -3.00. The van der Waals surface area contributed by atoms with Crippen LogP contribution in [0.4, 0.5) is 13.2 Å². The van der Waals surface area contributed by atoms with Crippen LogP contribution in [0.3, 0.4) is 0 Å². The molecule has 1 aromatic heterocycles. The zero-order chi connectivity index (χ0) is 24.0. The zero-order valence-electron chi connectivity index (χ0n) is 19.4. The van der Waals surface area contributed by atoms with Crippen LogP contribution in [-0.2, 0) is 6.54 Å². The third-order valence-corrected chi connectivity index (χ3v) is 7.94. The van der Waals surface area contributed by atoms with E-state index >= 15 is 0 Å². The van der Waals surface area contributed by atoms with Crippen molar-refractivity contribution in [3.05, 3.63) is 83.8 Å². The van der Waals surface area contributed by atoms with E-state index in [0.717, 1.165) is 41.9 Å². The van der Waals surface area contributed by atoms with Crippen molar-refractivity contribution in [1.29, 1.82) is 0 Å². The summed E-state index contributed by atoms with van der Waals surface area (Å²) in [5, 5.41) is 12.6. The molecule has 1 N–H and O–H groups in total. The van der Waals surface area contributed by atoms with Gasteiger partial charge >= 0.3 is 0 Å². The number of pyridine rings is 1. The number of benzene rings is 2. The molecular formula is C27H28BrF3N2O2. The lowest BCUT2D eigenvalue weighted by atomic mass is 9.71. The Labute approximate surface area is 213 Å². The second kappa shape index (κ2) is 9.91. The number of aliphatic hydroxyl groups excluding tert-OH is 1. The Kier molecular flexibility index (Phi) is 7.27. The Bertz CT molecular complexity index is 1260. The van der Waals surface area contributed by atoms with Crippen LogP contribution in [0.25, 0.3) is 10.9 Å². The van der Waals surface area contributed by atoms with Crippen molar-refractivity contribution in [2.75, 3.05) is 20.2 Å². The second-order valence-corrected chi connectivity index (χ2v) is 9.60. The molecule has 3 aliphatic rings. The van der Waals surface area contributed by atoms with Gasteiger partial charge in [-0.15, -0.1) is 6.58 Å². The van der Waals surface area contributed by atoms with Crippen LogP contribution in [0.2, 0.25) is 0 Å². The maximum Gasteiger partial charge on any atom is 0.194 e. The van der Waals surface area contributed by atoms with Crippen molar-refractivity contribution in [2.24, 2.45) is 11.8 Å². The largest absolute Gasteiger partial charge is 1.00 e. The number of piperidine rings is 3. The van der Waals surface area contributed by atoms with E-state index < -0.39 is 23.6 Å². The first-order chi connectivity index (χ1) is 16.4. The summed E-state index contributed by atoms with van der Waals surface area (Å²) in [6.45, 7) is 5.56. The minimum Gasteiger partial charge on any atom is -1.00 e. The standard InChI is InChI=1S/C27H28F3N2O2.BrH/c1-3-16-14-32(15-18-4-6-22(28)26(30)25(18)29)11-9-17(16)12-24(32)27(33)20-8-10-31-23-7-5-19(34-2)13-21(20)23;/h3-8,10,13,16-17,24,27,33H,1,9,11-12,14-15H2,2H3;1H/q+1;/p-1/t16-,17-,24+,27-,32-;/m0./s1. The summed E-state index contributed by atoms with van der Waals surface area (Å²) in [6.07, 6.45) is 4.41. The van der Waals surface area contributed by atoms with Gasteiger partial charge < -0.3 is 31.3 Å². The zero-order valence-corrected chi connectivity index (χ0v) is 21.0. The first-order valence-corrected chi connectivity index (χ1v) is 11.6. The summed E-state index contributed by atoms with van der Waals surface area (Å²) in [7, 11) is 1.59. The number of hydrogen-bond acceptors (Lipinski definition) is 3. The number of hydrogen-bond donors (Lipinski definition) is 1. The van der Waals surface area contributed by atoms with Gasteiger partial charge in [-0.3, -0.25) is 4.98 Å². The van der Waals surface area contributed by atoms with Crippen LogP contribution in [0, 0.1) is 29.3 Å². The molecule has 186 valence electrons. The molecule has 3 saturated heterocycles. The van der Waals surface area contributed by atoms with Crippen molar-refractivity contribution < 1.29 is 44.5 Å². The summed E-state index contributed by atoms with van der Waals surface area (Å²) in [5.41, 5.74) is 1.61. The first-order valence-electron chi connectivity index (χ1n) is 11.6. The number of fused-ring (bicyclic) bond motifs is 4. The van der Waals surface area contributed by atoms with Crippen LogP contribution in [0.5, 0.6) is 5.75 Å². The molecule has 3 aliphatic heterocycles. The number of aromatic nitrogens is 1. The van der Waals surface area contributed by atoms with Crippen LogP contribution in [0.15, 0.2) is 55.3 Å². The summed E-state index contributed by atoms with van der Waals surface area (Å²) >= 11 is 0. The smallest absolute Gasteiger partial charge is 0.194 e. The second-order valence-electron chi connectivity index (χ2n) is 9.60. The molecule has 3 fully saturated rings. The molecular weight excluding hydrogens is 521 g/mol. The van der Waals surface area contributed by atoms with Gasteiger partial charge in [-0.05, 0) is 47.9 Å². The highest BCUT2D eigenvalue weighted by molar-refractivity contribution is 5.83. The minimum absolute atomic E-state index is 0. The van der Waals surface area contributed by atoms with Crippen molar-refractivity contribution in [3.63, 3.8) is 0 Å². The fourth-order valence-corrected chi connectivity index (χ4v) is 6.15. The van der Waals surface area contributed by atoms with Gasteiger partial charge in [-0.25, -0.2) is 13.2 Å². The normalized spacial score (nSPS) is 26.3. The van der Waals surface area contributed by atoms with Crippen LogP contribution in [-0.4, -0.2) is 40.8 Å². The monoisotopic (exact) mass is 548 g/mol. The Morgan fingerprint density at radius 1 is 1.20 bits per heavy atom. The minimum atomic E-state index is -1.45. The molecule has 2 aromatic carbocycles. The summed E-state index contributed by atoms with van der Waals surface area (Å²) < 4.78 is 48.1. The molecule has 6 rings (SSSR count). The molecule has 3 aromatic rings. The van der Waals surface area contributed by atoms with Crippen LogP contribution in [0.1, 0.15) is 30.1 Å². The van der Waals surface area contributed by atoms with E-state index in [1.807, 2.05) is 30.3 Å². The molecule has 2 bridgehead atoms. The lowest BCUT2D eigenvalue weighted by Gasteiger charge is -2.58. The van der Waals surface area contributed by atoms with E-state index in [9.17, 15) is 18.3 Å². The fourth-order valence-electron chi connectivity index (χ4n) is 6.15. The van der Waals surface area contributed by atoms with Gasteiger partial charge in [0.1, 0.15) is 24.4 Å². The molecule has 0 amide bonds. The van der Waals surface area contributed by atoms with E-state index in [4.69, 9.17) is 4.74 Å². The van der Waals surface area contributed by atoms with E-state index in [1.54, 1.807) is 13.3 Å². The number of aliphatic hydroxyl groups is 1. The van der Waals surface area contributed by atoms with E-state index in [2.05, 4.69) is 11.6 Å². The van der Waals surface area contributed by atoms with E-state index in [0.29, 0.717) is 22.7 Å². The third-order valence-electron chi connectivity index (χ3n) is 7.94. The van der Waals surface area contributed by atoms with Gasteiger partial charge in [-0.2, -0.15) is 0 Å². The topological polar surface area (TPSA) is 42.4 Å². The average Bonchev–Trinajstić information content (AvgIpc) is 2.88. The Hall–Kier alpha value is -2.42.